The molecule has 0 saturated carbocycles. The van der Waals surface area contributed by atoms with Crippen LogP contribution in [-0.4, -0.2) is 33.9 Å². The average Bonchev–Trinajstić information content (AvgIpc) is 3.40. The molecule has 0 radical (unpaired) electrons. The zero-order chi connectivity index (χ0) is 21.7. The number of oxazole rings is 1. The lowest BCUT2D eigenvalue weighted by Crippen LogP contribution is -2.39. The van der Waals surface area contributed by atoms with Gasteiger partial charge in [-0.2, -0.15) is 5.11 Å². The molecular formula is C22H18ClN5O3. The summed E-state index contributed by atoms with van der Waals surface area (Å²) in [4.78, 5) is 31.6. The molecule has 1 fully saturated rings. The van der Waals surface area contributed by atoms with Gasteiger partial charge in [0.2, 0.25) is 5.89 Å². The number of carbonyl (C=O) groups excluding carboxylic acids is 2. The van der Waals surface area contributed by atoms with Crippen LogP contribution in [0.15, 0.2) is 63.3 Å². The van der Waals surface area contributed by atoms with Crippen molar-refractivity contribution < 1.29 is 14.0 Å². The minimum Gasteiger partial charge on any atom is -0.441 e. The molecule has 2 aliphatic heterocycles. The summed E-state index contributed by atoms with van der Waals surface area (Å²) in [6.07, 6.45) is 0. The number of anilines is 1. The molecule has 2 amide bonds. The molecule has 9 heteroatoms. The smallest absolute Gasteiger partial charge is 0.263 e. The zero-order valence-electron chi connectivity index (χ0n) is 16.8. The van der Waals surface area contributed by atoms with Crippen molar-refractivity contribution in [3.8, 4) is 11.5 Å². The number of carbonyl (C=O) groups is 2. The molecule has 31 heavy (non-hydrogen) atoms. The van der Waals surface area contributed by atoms with Crippen LogP contribution in [0.5, 0.6) is 0 Å². The predicted octanol–water partition coefficient (Wildman–Crippen LogP) is 4.11. The van der Waals surface area contributed by atoms with Crippen LogP contribution < -0.4 is 4.90 Å². The summed E-state index contributed by atoms with van der Waals surface area (Å²) in [5, 5.41) is 10.2. The first-order valence-corrected chi connectivity index (χ1v) is 10.1. The van der Waals surface area contributed by atoms with Crippen LogP contribution in [0.25, 0.3) is 11.5 Å². The van der Waals surface area contributed by atoms with Gasteiger partial charge in [-0.15, -0.1) is 0 Å². The van der Waals surface area contributed by atoms with E-state index in [9.17, 15) is 9.59 Å². The summed E-state index contributed by atoms with van der Waals surface area (Å²) >= 11 is 5.92. The number of fused-ring (bicyclic) bond motifs is 1. The highest BCUT2D eigenvalue weighted by Gasteiger charge is 2.54. The van der Waals surface area contributed by atoms with Gasteiger partial charge in [0.25, 0.3) is 11.8 Å². The van der Waals surface area contributed by atoms with Crippen molar-refractivity contribution in [2.75, 3.05) is 4.90 Å². The number of halogens is 1. The van der Waals surface area contributed by atoms with Gasteiger partial charge >= 0.3 is 0 Å². The molecule has 0 N–H and O–H groups in total. The molecule has 3 heterocycles. The fourth-order valence-electron chi connectivity index (χ4n) is 3.75. The van der Waals surface area contributed by atoms with E-state index >= 15 is 0 Å². The van der Waals surface area contributed by atoms with E-state index in [0.717, 1.165) is 16.0 Å². The van der Waals surface area contributed by atoms with E-state index in [-0.39, 0.29) is 12.5 Å². The van der Waals surface area contributed by atoms with Gasteiger partial charge in [-0.1, -0.05) is 34.5 Å². The quantitative estimate of drug-likeness (QED) is 0.575. The lowest BCUT2D eigenvalue weighted by molar-refractivity contribution is -0.123. The first-order chi connectivity index (χ1) is 14.9. The van der Waals surface area contributed by atoms with Gasteiger partial charge < -0.3 is 4.42 Å². The summed E-state index contributed by atoms with van der Waals surface area (Å²) in [5.74, 6) is 0.348. The Morgan fingerprint density at radius 2 is 1.71 bits per heavy atom. The van der Waals surface area contributed by atoms with Crippen LogP contribution >= 0.6 is 11.6 Å². The summed E-state index contributed by atoms with van der Waals surface area (Å²) in [5.41, 5.74) is 3.11. The summed E-state index contributed by atoms with van der Waals surface area (Å²) in [6.45, 7) is 4.03. The minimum atomic E-state index is -0.869. The van der Waals surface area contributed by atoms with Gasteiger partial charge in [-0.3, -0.25) is 14.6 Å². The number of amides is 2. The number of hydrogen-bond acceptors (Lipinski definition) is 7. The molecular weight excluding hydrogens is 418 g/mol. The van der Waals surface area contributed by atoms with Crippen LogP contribution in [-0.2, 0) is 16.1 Å². The highest BCUT2D eigenvalue weighted by molar-refractivity contribution is 6.31. The number of benzene rings is 2. The van der Waals surface area contributed by atoms with Crippen molar-refractivity contribution in [3.05, 3.63) is 70.6 Å². The Hall–Kier alpha value is -3.52. The molecule has 1 saturated heterocycles. The molecule has 3 aromatic rings. The summed E-state index contributed by atoms with van der Waals surface area (Å²) in [6, 6.07) is 12.7. The molecule has 2 unspecified atom stereocenters. The molecule has 156 valence electrons. The Bertz CT molecular complexity index is 1200. The van der Waals surface area contributed by atoms with Crippen LogP contribution in [0.4, 0.5) is 5.69 Å². The van der Waals surface area contributed by atoms with Crippen molar-refractivity contribution >= 4 is 29.1 Å². The van der Waals surface area contributed by atoms with Gasteiger partial charge in [-0.05, 0) is 50.2 Å². The lowest BCUT2D eigenvalue weighted by Gasteiger charge is -2.19. The number of nitrogens with zero attached hydrogens (tertiary/aromatic N) is 5. The highest BCUT2D eigenvalue weighted by Crippen LogP contribution is 2.34. The van der Waals surface area contributed by atoms with E-state index < -0.39 is 18.0 Å². The van der Waals surface area contributed by atoms with Gasteiger partial charge in [0.05, 0.1) is 12.2 Å². The number of aromatic nitrogens is 1. The molecule has 0 spiro atoms. The maximum Gasteiger partial charge on any atom is 0.263 e. The van der Waals surface area contributed by atoms with E-state index in [1.807, 2.05) is 38.1 Å². The van der Waals surface area contributed by atoms with E-state index in [4.69, 9.17) is 16.0 Å². The number of aryl methyl sites for hydroxylation is 2. The van der Waals surface area contributed by atoms with Crippen molar-refractivity contribution in [2.24, 2.45) is 10.3 Å². The van der Waals surface area contributed by atoms with Crippen molar-refractivity contribution in [1.82, 2.24) is 9.99 Å². The molecule has 5 rings (SSSR count). The van der Waals surface area contributed by atoms with Crippen LogP contribution in [0.1, 0.15) is 17.0 Å². The van der Waals surface area contributed by atoms with E-state index in [1.165, 1.54) is 5.01 Å². The first kappa shape index (κ1) is 19.4. The molecule has 8 nitrogen and oxygen atoms in total. The standard InChI is InChI=1S/C22H18ClN5O3/c1-12-3-5-14(6-4-12)20-24-17(13(2)31-20)11-27-19-18(25-26-27)21(29)28(22(19)30)16-9-7-15(23)8-10-16/h3-10,18-19H,11H2,1-2H3. The van der Waals surface area contributed by atoms with Crippen molar-refractivity contribution in [3.63, 3.8) is 0 Å². The van der Waals surface area contributed by atoms with Gasteiger partial charge in [0.15, 0.2) is 12.1 Å². The second-order valence-corrected chi connectivity index (χ2v) is 8.00. The van der Waals surface area contributed by atoms with E-state index in [1.54, 1.807) is 24.3 Å². The highest BCUT2D eigenvalue weighted by atomic mass is 35.5. The van der Waals surface area contributed by atoms with Gasteiger partial charge in [0, 0.05) is 10.6 Å². The monoisotopic (exact) mass is 435 g/mol. The van der Waals surface area contributed by atoms with Gasteiger partial charge in [0.1, 0.15) is 11.5 Å². The van der Waals surface area contributed by atoms with Crippen molar-refractivity contribution in [1.29, 1.82) is 0 Å². The van der Waals surface area contributed by atoms with E-state index in [0.29, 0.717) is 28.1 Å². The number of rotatable bonds is 4. The summed E-state index contributed by atoms with van der Waals surface area (Å²) in [7, 11) is 0. The van der Waals surface area contributed by atoms with Crippen molar-refractivity contribution in [2.45, 2.75) is 32.5 Å². The maximum atomic E-state index is 13.1. The Labute approximate surface area is 183 Å². The fourth-order valence-corrected chi connectivity index (χ4v) is 3.87. The molecule has 0 bridgehead atoms. The largest absolute Gasteiger partial charge is 0.441 e. The maximum absolute atomic E-state index is 13.1. The third-order valence-electron chi connectivity index (χ3n) is 5.45. The van der Waals surface area contributed by atoms with Gasteiger partial charge in [-0.25, -0.2) is 9.88 Å². The third-order valence-corrected chi connectivity index (χ3v) is 5.70. The summed E-state index contributed by atoms with van der Waals surface area (Å²) < 4.78 is 5.83. The van der Waals surface area contributed by atoms with Crippen LogP contribution in [0.2, 0.25) is 5.02 Å². The molecule has 0 aliphatic carbocycles. The molecule has 2 atom stereocenters. The first-order valence-electron chi connectivity index (χ1n) is 9.76. The second kappa shape index (κ2) is 7.31. The third kappa shape index (κ3) is 3.29. The van der Waals surface area contributed by atoms with Crippen LogP contribution in [0.3, 0.4) is 0 Å². The normalized spacial score (nSPS) is 20.1. The Balaban J connectivity index is 1.39. The predicted molar refractivity (Wildman–Crippen MR) is 113 cm³/mol. The minimum absolute atomic E-state index is 0.208. The van der Waals surface area contributed by atoms with Crippen LogP contribution in [0, 0.1) is 13.8 Å². The SMILES string of the molecule is Cc1ccc(-c2nc(CN3N=NC4C(=O)N(c5ccc(Cl)cc5)C(=O)C43)c(C)o2)cc1. The Morgan fingerprint density at radius 1 is 1.00 bits per heavy atom. The van der Waals surface area contributed by atoms with E-state index in [2.05, 4.69) is 15.3 Å². The number of hydrogen-bond donors (Lipinski definition) is 0. The fraction of sp³-hybridized carbons (Fsp3) is 0.227. The Morgan fingerprint density at radius 3 is 2.42 bits per heavy atom. The Kier molecular flexibility index (Phi) is 4.59. The molecule has 1 aromatic heterocycles. The lowest BCUT2D eigenvalue weighted by atomic mass is 10.1. The average molecular weight is 436 g/mol. The second-order valence-electron chi connectivity index (χ2n) is 7.57. The zero-order valence-corrected chi connectivity index (χ0v) is 17.6. The topological polar surface area (TPSA) is 91.4 Å². The molecule has 2 aliphatic rings. The molecule has 2 aromatic carbocycles. The number of imide groups is 1.